The maximum atomic E-state index is 12.5. The monoisotopic (exact) mass is 278 g/mol. The number of hydrogen-bond acceptors (Lipinski definition) is 4. The second kappa shape index (κ2) is 5.32. The van der Waals surface area contributed by atoms with E-state index in [0.717, 1.165) is 6.42 Å². The van der Waals surface area contributed by atoms with Gasteiger partial charge >= 0.3 is 0 Å². The minimum atomic E-state index is -0.190. The molecule has 1 amide bonds. The van der Waals surface area contributed by atoms with Crippen molar-refractivity contribution in [3.63, 3.8) is 0 Å². The van der Waals surface area contributed by atoms with E-state index in [-0.39, 0.29) is 23.4 Å². The molecular formula is C15H22N2O3. The van der Waals surface area contributed by atoms with Crippen molar-refractivity contribution in [1.29, 1.82) is 0 Å². The highest BCUT2D eigenvalue weighted by atomic mass is 16.5. The molecule has 1 aliphatic rings. The summed E-state index contributed by atoms with van der Waals surface area (Å²) in [5.41, 5.74) is 6.30. The van der Waals surface area contributed by atoms with E-state index in [2.05, 4.69) is 19.2 Å². The Hall–Kier alpha value is -1.75. The highest BCUT2D eigenvalue weighted by molar-refractivity contribution is 6.00. The van der Waals surface area contributed by atoms with Crippen molar-refractivity contribution >= 4 is 5.91 Å². The summed E-state index contributed by atoms with van der Waals surface area (Å²) in [4.78, 5) is 12.5. The van der Waals surface area contributed by atoms with Crippen molar-refractivity contribution in [2.24, 2.45) is 11.1 Å². The van der Waals surface area contributed by atoms with Gasteiger partial charge in [0.05, 0.1) is 14.2 Å². The molecule has 20 heavy (non-hydrogen) atoms. The summed E-state index contributed by atoms with van der Waals surface area (Å²) in [6.45, 7) is 4.12. The lowest BCUT2D eigenvalue weighted by atomic mass is 9.63. The standard InChI is InChI=1S/C15H22N2O3/c1-15(2)11(16)8-12(15)17-14(18)13-9(19-3)6-5-7-10(13)20-4/h5-7,11-12H,8,16H2,1-4H3,(H,17,18). The molecule has 0 heterocycles. The minimum absolute atomic E-state index is 0.0691. The van der Waals surface area contributed by atoms with Crippen LogP contribution >= 0.6 is 0 Å². The Morgan fingerprint density at radius 2 is 1.85 bits per heavy atom. The molecule has 1 aromatic carbocycles. The number of carbonyl (C=O) groups excluding carboxylic acids is 1. The van der Waals surface area contributed by atoms with Gasteiger partial charge in [-0.05, 0) is 18.6 Å². The van der Waals surface area contributed by atoms with Crippen molar-refractivity contribution in [1.82, 2.24) is 5.32 Å². The van der Waals surface area contributed by atoms with Gasteiger partial charge in [-0.15, -0.1) is 0 Å². The van der Waals surface area contributed by atoms with E-state index in [4.69, 9.17) is 15.2 Å². The number of carbonyl (C=O) groups is 1. The summed E-state index contributed by atoms with van der Waals surface area (Å²) in [5, 5.41) is 3.02. The Balaban J connectivity index is 2.22. The van der Waals surface area contributed by atoms with Gasteiger partial charge < -0.3 is 20.5 Å². The quantitative estimate of drug-likeness (QED) is 0.876. The van der Waals surface area contributed by atoms with E-state index in [1.54, 1.807) is 18.2 Å². The minimum Gasteiger partial charge on any atom is -0.496 e. The molecule has 0 aromatic heterocycles. The van der Waals surface area contributed by atoms with E-state index in [1.807, 2.05) is 0 Å². The second-order valence-electron chi connectivity index (χ2n) is 5.73. The zero-order valence-corrected chi connectivity index (χ0v) is 12.4. The lowest BCUT2D eigenvalue weighted by molar-refractivity contribution is 0.0583. The third-order valence-electron chi connectivity index (χ3n) is 4.30. The largest absolute Gasteiger partial charge is 0.496 e. The number of rotatable bonds is 4. The number of hydrogen-bond donors (Lipinski definition) is 2. The van der Waals surface area contributed by atoms with Crippen molar-refractivity contribution in [2.45, 2.75) is 32.4 Å². The molecule has 1 saturated carbocycles. The number of nitrogens with one attached hydrogen (secondary N) is 1. The molecule has 1 fully saturated rings. The Kier molecular flexibility index (Phi) is 3.90. The topological polar surface area (TPSA) is 73.6 Å². The smallest absolute Gasteiger partial charge is 0.259 e. The Labute approximate surface area is 119 Å². The number of amides is 1. The highest BCUT2D eigenvalue weighted by Gasteiger charge is 2.47. The molecule has 2 rings (SSSR count). The van der Waals surface area contributed by atoms with E-state index in [9.17, 15) is 4.79 Å². The first-order chi connectivity index (χ1) is 9.41. The first-order valence-corrected chi connectivity index (χ1v) is 6.69. The highest BCUT2D eigenvalue weighted by Crippen LogP contribution is 2.39. The maximum absolute atomic E-state index is 12.5. The fraction of sp³-hybridized carbons (Fsp3) is 0.533. The van der Waals surface area contributed by atoms with Crippen LogP contribution in [0.5, 0.6) is 11.5 Å². The molecule has 0 saturated heterocycles. The Morgan fingerprint density at radius 3 is 2.25 bits per heavy atom. The number of ether oxygens (including phenoxy) is 2. The van der Waals surface area contributed by atoms with Crippen LogP contribution in [-0.4, -0.2) is 32.2 Å². The van der Waals surface area contributed by atoms with Crippen LogP contribution in [0.25, 0.3) is 0 Å². The zero-order valence-electron chi connectivity index (χ0n) is 12.4. The van der Waals surface area contributed by atoms with Gasteiger partial charge in [-0.1, -0.05) is 19.9 Å². The molecule has 0 spiro atoms. The molecule has 2 atom stereocenters. The predicted molar refractivity (Wildman–Crippen MR) is 77.2 cm³/mol. The van der Waals surface area contributed by atoms with Crippen LogP contribution in [0.15, 0.2) is 18.2 Å². The third kappa shape index (κ3) is 2.33. The fourth-order valence-corrected chi connectivity index (χ4v) is 2.51. The summed E-state index contributed by atoms with van der Waals surface area (Å²) in [7, 11) is 3.07. The summed E-state index contributed by atoms with van der Waals surface area (Å²) in [5.74, 6) is 0.816. The summed E-state index contributed by atoms with van der Waals surface area (Å²) >= 11 is 0. The molecule has 2 unspecified atom stereocenters. The fourth-order valence-electron chi connectivity index (χ4n) is 2.51. The van der Waals surface area contributed by atoms with Crippen LogP contribution in [0.1, 0.15) is 30.6 Å². The summed E-state index contributed by atoms with van der Waals surface area (Å²) in [6.07, 6.45) is 0.788. The molecule has 3 N–H and O–H groups in total. The van der Waals surface area contributed by atoms with E-state index in [0.29, 0.717) is 17.1 Å². The van der Waals surface area contributed by atoms with Crippen molar-refractivity contribution in [2.75, 3.05) is 14.2 Å². The molecule has 110 valence electrons. The van der Waals surface area contributed by atoms with Crippen molar-refractivity contribution < 1.29 is 14.3 Å². The molecule has 5 heteroatoms. The van der Waals surface area contributed by atoms with E-state index in [1.165, 1.54) is 14.2 Å². The van der Waals surface area contributed by atoms with Gasteiger partial charge in [0, 0.05) is 17.5 Å². The number of nitrogens with two attached hydrogens (primary N) is 1. The molecule has 5 nitrogen and oxygen atoms in total. The Morgan fingerprint density at radius 1 is 1.30 bits per heavy atom. The lowest BCUT2D eigenvalue weighted by Gasteiger charge is -2.50. The normalized spacial score (nSPS) is 23.6. The van der Waals surface area contributed by atoms with Gasteiger partial charge in [-0.3, -0.25) is 4.79 Å². The van der Waals surface area contributed by atoms with Crippen LogP contribution in [0.2, 0.25) is 0 Å². The average Bonchev–Trinajstić information content (AvgIpc) is 2.45. The van der Waals surface area contributed by atoms with Crippen LogP contribution in [0.3, 0.4) is 0 Å². The van der Waals surface area contributed by atoms with Gasteiger partial charge in [-0.25, -0.2) is 0 Å². The molecule has 0 aliphatic heterocycles. The molecule has 0 radical (unpaired) electrons. The van der Waals surface area contributed by atoms with Crippen LogP contribution in [0.4, 0.5) is 0 Å². The Bertz CT molecular complexity index is 492. The third-order valence-corrected chi connectivity index (χ3v) is 4.30. The summed E-state index contributed by atoms with van der Waals surface area (Å²) in [6, 6.07) is 5.47. The van der Waals surface area contributed by atoms with Crippen molar-refractivity contribution in [3.8, 4) is 11.5 Å². The molecule has 0 bridgehead atoms. The second-order valence-corrected chi connectivity index (χ2v) is 5.73. The van der Waals surface area contributed by atoms with E-state index < -0.39 is 0 Å². The predicted octanol–water partition coefficient (Wildman–Crippen LogP) is 1.56. The molecule has 1 aromatic rings. The lowest BCUT2D eigenvalue weighted by Crippen LogP contribution is -2.64. The molecular weight excluding hydrogens is 256 g/mol. The van der Waals surface area contributed by atoms with Gasteiger partial charge in [0.1, 0.15) is 17.1 Å². The average molecular weight is 278 g/mol. The maximum Gasteiger partial charge on any atom is 0.259 e. The van der Waals surface area contributed by atoms with Crippen molar-refractivity contribution in [3.05, 3.63) is 23.8 Å². The summed E-state index contributed by atoms with van der Waals surface area (Å²) < 4.78 is 10.5. The SMILES string of the molecule is COc1cccc(OC)c1C(=O)NC1CC(N)C1(C)C. The first-order valence-electron chi connectivity index (χ1n) is 6.69. The van der Waals surface area contributed by atoms with Gasteiger partial charge in [0.2, 0.25) is 0 Å². The number of methoxy groups -OCH3 is 2. The first kappa shape index (κ1) is 14.7. The number of benzene rings is 1. The van der Waals surface area contributed by atoms with Crippen LogP contribution < -0.4 is 20.5 Å². The van der Waals surface area contributed by atoms with Crippen LogP contribution in [0, 0.1) is 5.41 Å². The molecule has 1 aliphatic carbocycles. The van der Waals surface area contributed by atoms with Gasteiger partial charge in [-0.2, -0.15) is 0 Å². The van der Waals surface area contributed by atoms with Gasteiger partial charge in [0.25, 0.3) is 5.91 Å². The van der Waals surface area contributed by atoms with Gasteiger partial charge in [0.15, 0.2) is 0 Å². The zero-order chi connectivity index (χ0) is 14.9. The van der Waals surface area contributed by atoms with Crippen LogP contribution in [-0.2, 0) is 0 Å². The van der Waals surface area contributed by atoms with E-state index >= 15 is 0 Å².